The van der Waals surface area contributed by atoms with Gasteiger partial charge in [0.1, 0.15) is 5.52 Å². The Hall–Kier alpha value is -2.86. The standard InChI is InChI=1S/C22H19ClN4O2/c23-15-5-3-4-14(12-15)19-25-20(29-26-19)16-13-22(16)8-10-27(11-9-22)21-24-17-6-1-2-7-18(17)28-21/h1-7,12,16H,8-11,13H2. The third-order valence-electron chi connectivity index (χ3n) is 6.32. The zero-order valence-electron chi connectivity index (χ0n) is 15.7. The van der Waals surface area contributed by atoms with E-state index in [9.17, 15) is 0 Å². The van der Waals surface area contributed by atoms with Gasteiger partial charge in [-0.1, -0.05) is 41.0 Å². The number of nitrogens with zero attached hydrogens (tertiary/aromatic N) is 4. The molecule has 1 aliphatic heterocycles. The third-order valence-corrected chi connectivity index (χ3v) is 6.56. The van der Waals surface area contributed by atoms with E-state index in [0.717, 1.165) is 60.9 Å². The summed E-state index contributed by atoms with van der Waals surface area (Å²) in [5.41, 5.74) is 2.90. The van der Waals surface area contributed by atoms with Crippen molar-refractivity contribution < 1.29 is 8.94 Å². The Morgan fingerprint density at radius 1 is 1.03 bits per heavy atom. The minimum absolute atomic E-state index is 0.265. The number of piperidine rings is 1. The van der Waals surface area contributed by atoms with Crippen LogP contribution < -0.4 is 4.90 Å². The fraction of sp³-hybridized carbons (Fsp3) is 0.318. The van der Waals surface area contributed by atoms with E-state index in [2.05, 4.69) is 20.0 Å². The molecule has 7 heteroatoms. The highest BCUT2D eigenvalue weighted by molar-refractivity contribution is 6.30. The Kier molecular flexibility index (Phi) is 3.71. The molecule has 2 aromatic carbocycles. The fourth-order valence-electron chi connectivity index (χ4n) is 4.51. The molecule has 3 heterocycles. The molecule has 2 fully saturated rings. The molecule has 6 nitrogen and oxygen atoms in total. The van der Waals surface area contributed by atoms with Crippen molar-refractivity contribution in [3.8, 4) is 11.4 Å². The predicted molar refractivity (Wildman–Crippen MR) is 110 cm³/mol. The van der Waals surface area contributed by atoms with Crippen LogP contribution in [0.1, 0.15) is 31.1 Å². The molecule has 4 aromatic rings. The molecule has 1 saturated carbocycles. The van der Waals surface area contributed by atoms with E-state index < -0.39 is 0 Å². The topological polar surface area (TPSA) is 68.2 Å². The second-order valence-electron chi connectivity index (χ2n) is 8.04. The van der Waals surface area contributed by atoms with E-state index in [1.165, 1.54) is 0 Å². The molecule has 0 radical (unpaired) electrons. The predicted octanol–water partition coefficient (Wildman–Crippen LogP) is 5.31. The van der Waals surface area contributed by atoms with Gasteiger partial charge in [0.2, 0.25) is 11.7 Å². The molecule has 1 unspecified atom stereocenters. The Morgan fingerprint density at radius 2 is 1.90 bits per heavy atom. The summed E-state index contributed by atoms with van der Waals surface area (Å²) in [6.07, 6.45) is 3.25. The van der Waals surface area contributed by atoms with Crippen LogP contribution in [0.3, 0.4) is 0 Å². The van der Waals surface area contributed by atoms with Gasteiger partial charge in [0.25, 0.3) is 6.01 Å². The summed E-state index contributed by atoms with van der Waals surface area (Å²) in [7, 11) is 0. The number of halogens is 1. The van der Waals surface area contributed by atoms with Crippen molar-refractivity contribution >= 4 is 28.7 Å². The van der Waals surface area contributed by atoms with Crippen LogP contribution in [0.25, 0.3) is 22.5 Å². The molecule has 146 valence electrons. The molecule has 0 N–H and O–H groups in total. The number of oxazole rings is 1. The molecule has 1 saturated heterocycles. The maximum atomic E-state index is 6.08. The summed E-state index contributed by atoms with van der Waals surface area (Å²) in [5.74, 6) is 1.69. The number of rotatable bonds is 3. The molecule has 6 rings (SSSR count). The lowest BCUT2D eigenvalue weighted by atomic mass is 9.91. The maximum Gasteiger partial charge on any atom is 0.298 e. The lowest BCUT2D eigenvalue weighted by Crippen LogP contribution is -2.35. The summed E-state index contributed by atoms with van der Waals surface area (Å²) in [6.45, 7) is 1.86. The number of anilines is 1. The molecule has 1 spiro atoms. The maximum absolute atomic E-state index is 6.08. The number of benzene rings is 2. The second-order valence-corrected chi connectivity index (χ2v) is 8.47. The summed E-state index contributed by atoms with van der Waals surface area (Å²) < 4.78 is 11.5. The fourth-order valence-corrected chi connectivity index (χ4v) is 4.70. The first-order chi connectivity index (χ1) is 14.2. The highest BCUT2D eigenvalue weighted by Crippen LogP contribution is 2.64. The van der Waals surface area contributed by atoms with Crippen molar-refractivity contribution in [1.82, 2.24) is 15.1 Å². The molecule has 2 aliphatic rings. The SMILES string of the molecule is Clc1cccc(-c2noc(C3CC34CCN(c3nc5ccccc5o3)CC4)n2)c1. The number of aromatic nitrogens is 3. The van der Waals surface area contributed by atoms with E-state index in [1.807, 2.05) is 48.5 Å². The van der Waals surface area contributed by atoms with Crippen molar-refractivity contribution in [2.45, 2.75) is 25.2 Å². The van der Waals surface area contributed by atoms with E-state index in [1.54, 1.807) is 0 Å². The zero-order valence-corrected chi connectivity index (χ0v) is 16.5. The van der Waals surface area contributed by atoms with Gasteiger partial charge in [0.05, 0.1) is 0 Å². The van der Waals surface area contributed by atoms with E-state index in [4.69, 9.17) is 20.5 Å². The number of hydrogen-bond donors (Lipinski definition) is 0. The van der Waals surface area contributed by atoms with Crippen LogP contribution in [-0.4, -0.2) is 28.2 Å². The quantitative estimate of drug-likeness (QED) is 0.459. The van der Waals surface area contributed by atoms with Gasteiger partial charge in [-0.2, -0.15) is 9.97 Å². The van der Waals surface area contributed by atoms with Crippen LogP contribution in [0.15, 0.2) is 57.5 Å². The van der Waals surface area contributed by atoms with E-state index in [-0.39, 0.29) is 5.41 Å². The number of hydrogen-bond acceptors (Lipinski definition) is 6. The average Bonchev–Trinajstić information content (AvgIpc) is 3.12. The zero-order chi connectivity index (χ0) is 19.4. The summed E-state index contributed by atoms with van der Waals surface area (Å²) >= 11 is 6.08. The Bertz CT molecular complexity index is 1160. The first-order valence-corrected chi connectivity index (χ1v) is 10.3. The van der Waals surface area contributed by atoms with Crippen molar-refractivity contribution in [2.24, 2.45) is 5.41 Å². The van der Waals surface area contributed by atoms with Crippen LogP contribution >= 0.6 is 11.6 Å². The van der Waals surface area contributed by atoms with Crippen LogP contribution in [0.5, 0.6) is 0 Å². The second kappa shape index (κ2) is 6.32. The van der Waals surface area contributed by atoms with Crippen molar-refractivity contribution in [3.05, 3.63) is 59.4 Å². The van der Waals surface area contributed by atoms with E-state index in [0.29, 0.717) is 16.8 Å². The first-order valence-electron chi connectivity index (χ1n) is 9.90. The summed E-state index contributed by atoms with van der Waals surface area (Å²) in [5, 5.41) is 4.84. The minimum atomic E-state index is 0.265. The van der Waals surface area contributed by atoms with Gasteiger partial charge in [-0.05, 0) is 48.9 Å². The van der Waals surface area contributed by atoms with Gasteiger partial charge < -0.3 is 13.8 Å². The summed E-state index contributed by atoms with van der Waals surface area (Å²) in [6, 6.07) is 16.2. The molecule has 2 aromatic heterocycles. The summed E-state index contributed by atoms with van der Waals surface area (Å²) in [4.78, 5) is 11.5. The molecule has 0 bridgehead atoms. The van der Waals surface area contributed by atoms with Crippen molar-refractivity contribution in [2.75, 3.05) is 18.0 Å². The van der Waals surface area contributed by atoms with Gasteiger partial charge in [-0.3, -0.25) is 0 Å². The van der Waals surface area contributed by atoms with E-state index >= 15 is 0 Å². The third kappa shape index (κ3) is 2.90. The molecular weight excluding hydrogens is 388 g/mol. The average molecular weight is 407 g/mol. The van der Waals surface area contributed by atoms with Gasteiger partial charge in [-0.15, -0.1) is 0 Å². The number of fused-ring (bicyclic) bond motifs is 1. The van der Waals surface area contributed by atoms with Gasteiger partial charge in [-0.25, -0.2) is 0 Å². The molecule has 29 heavy (non-hydrogen) atoms. The first kappa shape index (κ1) is 17.0. The van der Waals surface area contributed by atoms with Gasteiger partial charge >= 0.3 is 0 Å². The van der Waals surface area contributed by atoms with Crippen LogP contribution in [0.2, 0.25) is 5.02 Å². The lowest BCUT2D eigenvalue weighted by Gasteiger charge is -2.31. The van der Waals surface area contributed by atoms with Crippen molar-refractivity contribution in [3.63, 3.8) is 0 Å². The van der Waals surface area contributed by atoms with Crippen LogP contribution in [0.4, 0.5) is 6.01 Å². The van der Waals surface area contributed by atoms with Gasteiger partial charge in [0.15, 0.2) is 5.58 Å². The lowest BCUT2D eigenvalue weighted by molar-refractivity contribution is 0.321. The normalized spacial score (nSPS) is 20.4. The van der Waals surface area contributed by atoms with Crippen LogP contribution in [-0.2, 0) is 0 Å². The molecular formula is C22H19ClN4O2. The van der Waals surface area contributed by atoms with Gasteiger partial charge in [0, 0.05) is 29.6 Å². The molecule has 1 aliphatic carbocycles. The molecule has 1 atom stereocenters. The highest BCUT2D eigenvalue weighted by Gasteiger charge is 2.58. The Labute approximate surface area is 172 Å². The Morgan fingerprint density at radius 3 is 2.72 bits per heavy atom. The van der Waals surface area contributed by atoms with Crippen LogP contribution in [0, 0.1) is 5.41 Å². The smallest absolute Gasteiger partial charge is 0.298 e. The molecule has 0 amide bonds. The van der Waals surface area contributed by atoms with Crippen molar-refractivity contribution in [1.29, 1.82) is 0 Å². The number of para-hydroxylation sites is 2. The monoisotopic (exact) mass is 406 g/mol. The Balaban J connectivity index is 1.16. The largest absolute Gasteiger partial charge is 0.423 e. The highest BCUT2D eigenvalue weighted by atomic mass is 35.5. The minimum Gasteiger partial charge on any atom is -0.423 e.